The lowest BCUT2D eigenvalue weighted by Crippen LogP contribution is -2.66. The predicted octanol–water partition coefficient (Wildman–Crippen LogP) is 3.57. The lowest BCUT2D eigenvalue weighted by molar-refractivity contribution is -0.127. The fourth-order valence-corrected chi connectivity index (χ4v) is 3.31. The fraction of sp³-hybridized carbons (Fsp3) is 0.0909. The summed E-state index contributed by atoms with van der Waals surface area (Å²) in [4.78, 5) is 27.1. The molecule has 0 unspecified atom stereocenters. The number of anilines is 1. The number of rotatable bonds is 4. The van der Waals surface area contributed by atoms with Gasteiger partial charge in [-0.2, -0.15) is 0 Å². The average molecular weight is 342 g/mol. The lowest BCUT2D eigenvalue weighted by Gasteiger charge is -2.47. The van der Waals surface area contributed by atoms with Crippen molar-refractivity contribution in [1.82, 2.24) is 5.32 Å². The molecule has 4 nitrogen and oxygen atoms in total. The quantitative estimate of drug-likeness (QED) is 0.737. The molecule has 0 aliphatic carbocycles. The van der Waals surface area contributed by atoms with Crippen molar-refractivity contribution in [2.24, 2.45) is 0 Å². The van der Waals surface area contributed by atoms with Gasteiger partial charge in [0.25, 0.3) is 11.8 Å². The van der Waals surface area contributed by atoms with E-state index in [-0.39, 0.29) is 17.9 Å². The maximum atomic E-state index is 12.8. The number of hydrogen-bond donors (Lipinski definition) is 1. The van der Waals surface area contributed by atoms with Crippen LogP contribution in [0.1, 0.15) is 22.0 Å². The van der Waals surface area contributed by atoms with Crippen molar-refractivity contribution in [2.75, 3.05) is 4.90 Å². The Morgan fingerprint density at radius 1 is 0.769 bits per heavy atom. The Bertz CT molecular complexity index is 911. The van der Waals surface area contributed by atoms with Crippen molar-refractivity contribution in [1.29, 1.82) is 0 Å². The van der Waals surface area contributed by atoms with Crippen LogP contribution in [0.25, 0.3) is 0 Å². The van der Waals surface area contributed by atoms with Crippen LogP contribution < -0.4 is 10.2 Å². The second-order valence-corrected chi connectivity index (χ2v) is 6.22. The first-order valence-corrected chi connectivity index (χ1v) is 8.55. The number of carbonyl (C=O) groups is 2. The van der Waals surface area contributed by atoms with Crippen molar-refractivity contribution in [3.63, 3.8) is 0 Å². The molecule has 3 aromatic carbocycles. The van der Waals surface area contributed by atoms with Gasteiger partial charge in [-0.05, 0) is 29.8 Å². The Balaban J connectivity index is 1.64. The summed E-state index contributed by atoms with van der Waals surface area (Å²) in [5, 5.41) is 2.90. The number of nitrogens with one attached hydrogen (secondary N) is 1. The van der Waals surface area contributed by atoms with E-state index in [1.54, 1.807) is 17.0 Å². The third-order valence-corrected chi connectivity index (χ3v) is 4.60. The van der Waals surface area contributed by atoms with Crippen LogP contribution in [0.4, 0.5) is 5.69 Å². The van der Waals surface area contributed by atoms with Crippen LogP contribution in [0.15, 0.2) is 91.0 Å². The third kappa shape index (κ3) is 2.86. The number of para-hydroxylation sites is 1. The zero-order valence-corrected chi connectivity index (χ0v) is 14.1. The minimum Gasteiger partial charge on any atom is -0.338 e. The highest BCUT2D eigenvalue weighted by molar-refractivity contribution is 6.09. The van der Waals surface area contributed by atoms with E-state index < -0.39 is 6.04 Å². The van der Waals surface area contributed by atoms with Gasteiger partial charge >= 0.3 is 0 Å². The van der Waals surface area contributed by atoms with E-state index in [1.165, 1.54) is 0 Å². The van der Waals surface area contributed by atoms with Gasteiger partial charge in [0.05, 0.1) is 6.04 Å². The van der Waals surface area contributed by atoms with Crippen molar-refractivity contribution < 1.29 is 9.59 Å². The van der Waals surface area contributed by atoms with Crippen LogP contribution in [0.2, 0.25) is 0 Å². The molecule has 2 atom stereocenters. The molecule has 1 aliphatic rings. The molecule has 0 bridgehead atoms. The SMILES string of the molecule is O=C(N[C@@H]1C(=O)N(c2ccccc2)[C@@H]1c1ccccc1)c1ccccc1. The van der Waals surface area contributed by atoms with E-state index in [1.807, 2.05) is 78.9 Å². The molecule has 26 heavy (non-hydrogen) atoms. The molecule has 1 aliphatic heterocycles. The maximum Gasteiger partial charge on any atom is 0.252 e. The Morgan fingerprint density at radius 2 is 1.31 bits per heavy atom. The van der Waals surface area contributed by atoms with E-state index in [9.17, 15) is 9.59 Å². The maximum absolute atomic E-state index is 12.8. The van der Waals surface area contributed by atoms with E-state index in [0.29, 0.717) is 5.56 Å². The summed E-state index contributed by atoms with van der Waals surface area (Å²) < 4.78 is 0. The van der Waals surface area contributed by atoms with Crippen LogP contribution >= 0.6 is 0 Å². The Kier molecular flexibility index (Phi) is 4.23. The number of hydrogen-bond acceptors (Lipinski definition) is 2. The standard InChI is InChI=1S/C22H18N2O2/c25-21(17-12-6-2-7-13-17)23-19-20(16-10-4-1-5-11-16)24(22(19)26)18-14-8-3-9-15-18/h1-15,19-20H,(H,23,25)/t19-,20+/m0/s1. The van der Waals surface area contributed by atoms with Gasteiger partial charge in [0.2, 0.25) is 0 Å². The Hall–Kier alpha value is -3.40. The Labute approximate surface area is 152 Å². The highest BCUT2D eigenvalue weighted by Gasteiger charge is 2.49. The summed E-state index contributed by atoms with van der Waals surface area (Å²) >= 11 is 0. The number of nitrogens with zero attached hydrogens (tertiary/aromatic N) is 1. The lowest BCUT2D eigenvalue weighted by atomic mass is 9.87. The fourth-order valence-electron chi connectivity index (χ4n) is 3.31. The van der Waals surface area contributed by atoms with Crippen molar-refractivity contribution in [2.45, 2.75) is 12.1 Å². The first-order chi connectivity index (χ1) is 12.8. The Morgan fingerprint density at radius 3 is 1.92 bits per heavy atom. The summed E-state index contributed by atoms with van der Waals surface area (Å²) in [6, 6.07) is 27.5. The van der Waals surface area contributed by atoms with Gasteiger partial charge in [0.15, 0.2) is 0 Å². The molecule has 1 fully saturated rings. The van der Waals surface area contributed by atoms with E-state index in [0.717, 1.165) is 11.3 Å². The molecule has 0 radical (unpaired) electrons. The highest BCUT2D eigenvalue weighted by Crippen LogP contribution is 2.39. The average Bonchev–Trinajstić information content (AvgIpc) is 2.71. The van der Waals surface area contributed by atoms with Gasteiger partial charge in [-0.3, -0.25) is 9.59 Å². The van der Waals surface area contributed by atoms with Gasteiger partial charge in [-0.1, -0.05) is 66.7 Å². The van der Waals surface area contributed by atoms with Gasteiger partial charge < -0.3 is 10.2 Å². The smallest absolute Gasteiger partial charge is 0.252 e. The second kappa shape index (κ2) is 6.84. The summed E-state index contributed by atoms with van der Waals surface area (Å²) in [5.74, 6) is -0.341. The molecule has 2 amide bonds. The molecule has 4 heteroatoms. The largest absolute Gasteiger partial charge is 0.338 e. The minimum absolute atomic E-state index is 0.102. The van der Waals surface area contributed by atoms with Crippen LogP contribution in [0, 0.1) is 0 Å². The molecule has 0 saturated carbocycles. The topological polar surface area (TPSA) is 49.4 Å². The number of β-lactam (4-membered cyclic amide) rings is 1. The number of amides is 2. The summed E-state index contributed by atoms with van der Waals surface area (Å²) in [6.07, 6.45) is 0. The van der Waals surface area contributed by atoms with Gasteiger partial charge in [-0.15, -0.1) is 0 Å². The highest BCUT2D eigenvalue weighted by atomic mass is 16.2. The molecule has 0 aromatic heterocycles. The van der Waals surface area contributed by atoms with Crippen molar-refractivity contribution in [3.8, 4) is 0 Å². The zero-order chi connectivity index (χ0) is 17.9. The van der Waals surface area contributed by atoms with Gasteiger partial charge in [0, 0.05) is 11.3 Å². The van der Waals surface area contributed by atoms with Gasteiger partial charge in [0.1, 0.15) is 6.04 Å². The van der Waals surface area contributed by atoms with E-state index >= 15 is 0 Å². The summed E-state index contributed by atoms with van der Waals surface area (Å²) in [6.45, 7) is 0. The molecule has 0 spiro atoms. The number of benzene rings is 3. The molecule has 3 aromatic rings. The zero-order valence-electron chi connectivity index (χ0n) is 14.1. The van der Waals surface area contributed by atoms with E-state index in [4.69, 9.17) is 0 Å². The van der Waals surface area contributed by atoms with Crippen LogP contribution in [-0.4, -0.2) is 17.9 Å². The van der Waals surface area contributed by atoms with Crippen LogP contribution in [0.5, 0.6) is 0 Å². The third-order valence-electron chi connectivity index (χ3n) is 4.60. The normalized spacial score (nSPS) is 18.9. The predicted molar refractivity (Wildman–Crippen MR) is 101 cm³/mol. The number of carbonyl (C=O) groups excluding carboxylic acids is 2. The van der Waals surface area contributed by atoms with E-state index in [2.05, 4.69) is 5.32 Å². The molecular weight excluding hydrogens is 324 g/mol. The summed E-state index contributed by atoms with van der Waals surface area (Å²) in [7, 11) is 0. The van der Waals surface area contributed by atoms with Crippen molar-refractivity contribution >= 4 is 17.5 Å². The van der Waals surface area contributed by atoms with Crippen molar-refractivity contribution in [3.05, 3.63) is 102 Å². The first-order valence-electron chi connectivity index (χ1n) is 8.55. The first kappa shape index (κ1) is 16.1. The monoisotopic (exact) mass is 342 g/mol. The van der Waals surface area contributed by atoms with Gasteiger partial charge in [-0.25, -0.2) is 0 Å². The molecule has 128 valence electrons. The molecule has 1 heterocycles. The molecule has 1 saturated heterocycles. The van der Waals surface area contributed by atoms with Crippen LogP contribution in [-0.2, 0) is 4.79 Å². The van der Waals surface area contributed by atoms with Crippen LogP contribution in [0.3, 0.4) is 0 Å². The molecule has 4 rings (SSSR count). The summed E-state index contributed by atoms with van der Waals surface area (Å²) in [5.41, 5.74) is 2.37. The molecule has 1 N–H and O–H groups in total. The minimum atomic E-state index is -0.578. The molecular formula is C22H18N2O2. The second-order valence-electron chi connectivity index (χ2n) is 6.22.